The fourth-order valence-corrected chi connectivity index (χ4v) is 4.26. The number of nitrogens with zero attached hydrogens (tertiary/aromatic N) is 1. The highest BCUT2D eigenvalue weighted by Crippen LogP contribution is 2.40. The fourth-order valence-electron chi connectivity index (χ4n) is 4.26. The molecular weight excluding hydrogens is 369 g/mol. The van der Waals surface area contributed by atoms with Crippen LogP contribution in [0.25, 0.3) is 11.1 Å². The Balaban J connectivity index is 1.61. The number of benzene rings is 2. The maximum Gasteiger partial charge on any atom is 0.573 e. The van der Waals surface area contributed by atoms with Crippen molar-refractivity contribution in [1.29, 1.82) is 0 Å². The van der Waals surface area contributed by atoms with E-state index in [2.05, 4.69) is 10.1 Å². The molecular formula is C21H21F3N2O2. The number of alkyl halides is 3. The van der Waals surface area contributed by atoms with E-state index in [-0.39, 0.29) is 17.7 Å². The van der Waals surface area contributed by atoms with Crippen molar-refractivity contribution in [2.75, 3.05) is 13.6 Å². The van der Waals surface area contributed by atoms with Crippen LogP contribution in [-0.2, 0) is 4.79 Å². The first kappa shape index (κ1) is 18.8. The number of carbonyl (C=O) groups excluding carboxylic acids is 1. The normalized spacial score (nSPS) is 24.9. The van der Waals surface area contributed by atoms with Gasteiger partial charge < -0.3 is 9.64 Å². The lowest BCUT2D eigenvalue weighted by Gasteiger charge is -2.23. The van der Waals surface area contributed by atoms with Gasteiger partial charge in [-0.15, -0.1) is 13.2 Å². The van der Waals surface area contributed by atoms with Crippen LogP contribution < -0.4 is 10.1 Å². The number of hydrogen-bond donors (Lipinski definition) is 1. The van der Waals surface area contributed by atoms with Crippen LogP contribution in [0.5, 0.6) is 5.75 Å². The highest BCUT2D eigenvalue weighted by Gasteiger charge is 2.50. The SMILES string of the molecule is CN1CC[C@]2(CC[C@@H](c3cccc(-c4ccccc4OC(F)(F)F)c3)N2)C1=O. The molecule has 2 fully saturated rings. The fraction of sp³-hybridized carbons (Fsp3) is 0.381. The summed E-state index contributed by atoms with van der Waals surface area (Å²) in [4.78, 5) is 14.3. The Morgan fingerprint density at radius 1 is 1.14 bits per heavy atom. The molecule has 0 aromatic heterocycles. The van der Waals surface area contributed by atoms with Gasteiger partial charge in [0.15, 0.2) is 0 Å². The van der Waals surface area contributed by atoms with Gasteiger partial charge in [-0.1, -0.05) is 36.4 Å². The van der Waals surface area contributed by atoms with Crippen LogP contribution in [0.3, 0.4) is 0 Å². The summed E-state index contributed by atoms with van der Waals surface area (Å²) in [6.07, 6.45) is -2.40. The summed E-state index contributed by atoms with van der Waals surface area (Å²) in [5.74, 6) is -0.106. The van der Waals surface area contributed by atoms with E-state index in [0.717, 1.165) is 31.4 Å². The average Bonchev–Trinajstić information content (AvgIpc) is 3.21. The second kappa shape index (κ2) is 6.81. The maximum absolute atomic E-state index is 12.7. The van der Waals surface area contributed by atoms with Crippen molar-refractivity contribution in [3.8, 4) is 16.9 Å². The van der Waals surface area contributed by atoms with Crippen LogP contribution in [0, 0.1) is 0 Å². The molecule has 2 aromatic carbocycles. The number of hydrogen-bond acceptors (Lipinski definition) is 3. The number of halogens is 3. The Kier molecular flexibility index (Phi) is 4.57. The Labute approximate surface area is 161 Å². The first-order valence-electron chi connectivity index (χ1n) is 9.26. The molecule has 1 spiro atoms. The van der Waals surface area contributed by atoms with E-state index in [9.17, 15) is 18.0 Å². The summed E-state index contributed by atoms with van der Waals surface area (Å²) < 4.78 is 42.4. The van der Waals surface area contributed by atoms with Crippen LogP contribution in [-0.4, -0.2) is 36.3 Å². The van der Waals surface area contributed by atoms with Gasteiger partial charge in [0.2, 0.25) is 5.91 Å². The highest BCUT2D eigenvalue weighted by atomic mass is 19.4. The number of rotatable bonds is 3. The van der Waals surface area contributed by atoms with E-state index in [0.29, 0.717) is 11.1 Å². The molecule has 148 valence electrons. The molecule has 28 heavy (non-hydrogen) atoms. The van der Waals surface area contributed by atoms with Crippen molar-refractivity contribution >= 4 is 5.91 Å². The molecule has 0 unspecified atom stereocenters. The average molecular weight is 390 g/mol. The lowest BCUT2D eigenvalue weighted by molar-refractivity contribution is -0.274. The highest BCUT2D eigenvalue weighted by molar-refractivity contribution is 5.88. The van der Waals surface area contributed by atoms with Crippen molar-refractivity contribution in [1.82, 2.24) is 10.2 Å². The summed E-state index contributed by atoms with van der Waals surface area (Å²) >= 11 is 0. The molecule has 2 aliphatic heterocycles. The third kappa shape index (κ3) is 3.46. The van der Waals surface area contributed by atoms with Gasteiger partial charge in [-0.2, -0.15) is 0 Å². The Morgan fingerprint density at radius 3 is 2.64 bits per heavy atom. The predicted octanol–water partition coefficient (Wildman–Crippen LogP) is 4.28. The molecule has 2 heterocycles. The van der Waals surface area contributed by atoms with Gasteiger partial charge in [0, 0.05) is 25.2 Å². The summed E-state index contributed by atoms with van der Waals surface area (Å²) in [7, 11) is 1.81. The van der Waals surface area contributed by atoms with E-state index in [1.165, 1.54) is 12.1 Å². The van der Waals surface area contributed by atoms with Gasteiger partial charge in [-0.05, 0) is 42.5 Å². The first-order valence-corrected chi connectivity index (χ1v) is 9.26. The second-order valence-electron chi connectivity index (χ2n) is 7.46. The maximum atomic E-state index is 12.7. The minimum Gasteiger partial charge on any atom is -0.405 e. The summed E-state index contributed by atoms with van der Waals surface area (Å²) in [6.45, 7) is 0.737. The van der Waals surface area contributed by atoms with E-state index in [4.69, 9.17) is 0 Å². The molecule has 7 heteroatoms. The molecule has 0 bridgehead atoms. The molecule has 2 saturated heterocycles. The largest absolute Gasteiger partial charge is 0.573 e. The zero-order valence-electron chi connectivity index (χ0n) is 15.4. The number of likely N-dealkylation sites (tertiary alicyclic amines) is 1. The quantitative estimate of drug-likeness (QED) is 0.851. The lowest BCUT2D eigenvalue weighted by atomic mass is 9.95. The Hall–Kier alpha value is -2.54. The number of carbonyl (C=O) groups is 1. The number of para-hydroxylation sites is 1. The molecule has 0 radical (unpaired) electrons. The second-order valence-corrected chi connectivity index (χ2v) is 7.46. The number of amides is 1. The predicted molar refractivity (Wildman–Crippen MR) is 98.7 cm³/mol. The number of nitrogens with one attached hydrogen (secondary N) is 1. The molecule has 0 aliphatic carbocycles. The zero-order chi connectivity index (χ0) is 19.9. The van der Waals surface area contributed by atoms with E-state index < -0.39 is 11.9 Å². The number of ether oxygens (including phenoxy) is 1. The molecule has 0 saturated carbocycles. The topological polar surface area (TPSA) is 41.6 Å². The Morgan fingerprint density at radius 2 is 1.93 bits per heavy atom. The number of likely N-dealkylation sites (N-methyl/N-ethyl adjacent to an activating group) is 1. The van der Waals surface area contributed by atoms with E-state index in [1.54, 1.807) is 23.1 Å². The van der Waals surface area contributed by atoms with E-state index >= 15 is 0 Å². The van der Waals surface area contributed by atoms with Crippen molar-refractivity contribution in [3.05, 3.63) is 54.1 Å². The van der Waals surface area contributed by atoms with Crippen LogP contribution in [0.2, 0.25) is 0 Å². The zero-order valence-corrected chi connectivity index (χ0v) is 15.4. The van der Waals surface area contributed by atoms with Crippen LogP contribution >= 0.6 is 0 Å². The third-order valence-electron chi connectivity index (χ3n) is 5.65. The van der Waals surface area contributed by atoms with Gasteiger partial charge in [0.25, 0.3) is 0 Å². The molecule has 1 N–H and O–H groups in total. The molecule has 2 aliphatic rings. The van der Waals surface area contributed by atoms with E-state index in [1.807, 2.05) is 25.2 Å². The molecule has 1 amide bonds. The van der Waals surface area contributed by atoms with Gasteiger partial charge >= 0.3 is 6.36 Å². The third-order valence-corrected chi connectivity index (χ3v) is 5.65. The van der Waals surface area contributed by atoms with Crippen molar-refractivity contribution in [2.24, 2.45) is 0 Å². The Bertz CT molecular complexity index is 899. The van der Waals surface area contributed by atoms with Gasteiger partial charge in [0.05, 0.1) is 0 Å². The summed E-state index contributed by atoms with van der Waals surface area (Å²) in [6, 6.07) is 13.5. The lowest BCUT2D eigenvalue weighted by Crippen LogP contribution is -2.47. The minimum atomic E-state index is -4.75. The van der Waals surface area contributed by atoms with Crippen molar-refractivity contribution < 1.29 is 22.7 Å². The van der Waals surface area contributed by atoms with Gasteiger partial charge in [-0.3, -0.25) is 10.1 Å². The van der Waals surface area contributed by atoms with Crippen LogP contribution in [0.1, 0.15) is 30.9 Å². The smallest absolute Gasteiger partial charge is 0.405 e. The van der Waals surface area contributed by atoms with Gasteiger partial charge in [-0.25, -0.2) is 0 Å². The molecule has 4 rings (SSSR count). The van der Waals surface area contributed by atoms with Crippen LogP contribution in [0.4, 0.5) is 13.2 Å². The molecule has 2 atom stereocenters. The van der Waals surface area contributed by atoms with Crippen molar-refractivity contribution in [2.45, 2.75) is 37.2 Å². The van der Waals surface area contributed by atoms with Crippen molar-refractivity contribution in [3.63, 3.8) is 0 Å². The first-order chi connectivity index (χ1) is 13.3. The summed E-state index contributed by atoms with van der Waals surface area (Å²) in [5, 5.41) is 3.49. The summed E-state index contributed by atoms with van der Waals surface area (Å²) in [5.41, 5.74) is 1.48. The molecule has 4 nitrogen and oxygen atoms in total. The standard InChI is InChI=1S/C21H21F3N2O2/c1-26-12-11-20(19(26)27)10-9-17(25-20)15-6-4-5-14(13-15)16-7-2-3-8-18(16)28-21(22,23)24/h2-8,13,17,25H,9-12H2,1H3/t17-,20+/m0/s1. The molecule has 2 aromatic rings. The van der Waals surface area contributed by atoms with Crippen LogP contribution in [0.15, 0.2) is 48.5 Å². The van der Waals surface area contributed by atoms with Gasteiger partial charge in [0.1, 0.15) is 11.3 Å². The minimum absolute atomic E-state index is 0.00824. The monoisotopic (exact) mass is 390 g/mol.